The van der Waals surface area contributed by atoms with Crippen LogP contribution >= 0.6 is 0 Å². The predicted molar refractivity (Wildman–Crippen MR) is 71.7 cm³/mol. The van der Waals surface area contributed by atoms with Crippen LogP contribution in [0.15, 0.2) is 24.3 Å². The van der Waals surface area contributed by atoms with Gasteiger partial charge in [-0.3, -0.25) is 0 Å². The Morgan fingerprint density at radius 2 is 2.12 bits per heavy atom. The van der Waals surface area contributed by atoms with E-state index >= 15 is 0 Å². The third-order valence-electron chi connectivity index (χ3n) is 3.32. The van der Waals surface area contributed by atoms with E-state index in [1.165, 1.54) is 37.9 Å². The van der Waals surface area contributed by atoms with E-state index in [2.05, 4.69) is 22.8 Å². The van der Waals surface area contributed by atoms with E-state index in [9.17, 15) is 0 Å². The van der Waals surface area contributed by atoms with E-state index in [1.807, 2.05) is 12.1 Å². The molecule has 3 nitrogen and oxygen atoms in total. The van der Waals surface area contributed by atoms with Crippen molar-refractivity contribution in [3.8, 4) is 5.75 Å². The lowest BCUT2D eigenvalue weighted by atomic mass is 10.0. The molecule has 3 heteroatoms. The topological polar surface area (TPSA) is 33.3 Å². The summed E-state index contributed by atoms with van der Waals surface area (Å²) in [6.07, 6.45) is 5.24. The number of piperidine rings is 1. The molecule has 17 heavy (non-hydrogen) atoms. The first-order valence-electron chi connectivity index (χ1n) is 6.50. The first kappa shape index (κ1) is 12.2. The van der Waals surface area contributed by atoms with Crippen LogP contribution in [0.1, 0.15) is 25.7 Å². The molecule has 1 unspecified atom stereocenters. The Morgan fingerprint density at radius 1 is 1.29 bits per heavy atom. The Bertz CT molecular complexity index is 317. The molecule has 1 aliphatic rings. The lowest BCUT2D eigenvalue weighted by molar-refractivity contribution is 0.389. The molecule has 1 atom stereocenters. The molecule has 0 bridgehead atoms. The molecule has 1 fully saturated rings. The summed E-state index contributed by atoms with van der Waals surface area (Å²) in [6, 6.07) is 8.80. The summed E-state index contributed by atoms with van der Waals surface area (Å²) in [7, 11) is 1.69. The second-order valence-corrected chi connectivity index (χ2v) is 4.59. The van der Waals surface area contributed by atoms with E-state index in [1.54, 1.807) is 7.11 Å². The molecule has 0 amide bonds. The average Bonchev–Trinajstić information content (AvgIpc) is 2.41. The maximum atomic E-state index is 5.13. The summed E-state index contributed by atoms with van der Waals surface area (Å²) in [6.45, 7) is 2.22. The first-order chi connectivity index (χ1) is 8.38. The van der Waals surface area contributed by atoms with Gasteiger partial charge in [0.25, 0.3) is 0 Å². The number of rotatable bonds is 5. The molecule has 1 aliphatic heterocycles. The fourth-order valence-corrected chi connectivity index (χ4v) is 2.27. The van der Waals surface area contributed by atoms with Gasteiger partial charge in [-0.25, -0.2) is 0 Å². The van der Waals surface area contributed by atoms with Crippen molar-refractivity contribution in [2.75, 3.05) is 25.5 Å². The Hall–Kier alpha value is -1.22. The van der Waals surface area contributed by atoms with Crippen LogP contribution < -0.4 is 15.4 Å². The van der Waals surface area contributed by atoms with Gasteiger partial charge in [0.2, 0.25) is 0 Å². The second kappa shape index (κ2) is 6.50. The van der Waals surface area contributed by atoms with Crippen molar-refractivity contribution in [2.45, 2.75) is 31.7 Å². The van der Waals surface area contributed by atoms with Crippen LogP contribution in [-0.4, -0.2) is 26.2 Å². The second-order valence-electron chi connectivity index (χ2n) is 4.59. The Kier molecular flexibility index (Phi) is 4.68. The van der Waals surface area contributed by atoms with Crippen molar-refractivity contribution < 1.29 is 4.74 Å². The zero-order valence-electron chi connectivity index (χ0n) is 10.5. The molecule has 0 radical (unpaired) electrons. The minimum absolute atomic E-state index is 0.703. The number of hydrogen-bond donors (Lipinski definition) is 2. The fraction of sp³-hybridized carbons (Fsp3) is 0.571. The third-order valence-corrected chi connectivity index (χ3v) is 3.32. The lowest BCUT2D eigenvalue weighted by Crippen LogP contribution is -2.35. The number of hydrogen-bond acceptors (Lipinski definition) is 3. The van der Waals surface area contributed by atoms with Crippen LogP contribution in [0, 0.1) is 0 Å². The number of nitrogens with one attached hydrogen (secondary N) is 2. The molecule has 94 valence electrons. The van der Waals surface area contributed by atoms with Gasteiger partial charge < -0.3 is 15.4 Å². The van der Waals surface area contributed by atoms with Crippen molar-refractivity contribution in [2.24, 2.45) is 0 Å². The zero-order valence-corrected chi connectivity index (χ0v) is 10.5. The number of ether oxygens (including phenoxy) is 1. The Balaban J connectivity index is 1.69. The molecule has 2 rings (SSSR count). The van der Waals surface area contributed by atoms with Crippen LogP contribution in [0.5, 0.6) is 5.75 Å². The highest BCUT2D eigenvalue weighted by atomic mass is 16.5. The van der Waals surface area contributed by atoms with E-state index in [0.717, 1.165) is 12.3 Å². The molecular weight excluding hydrogens is 212 g/mol. The van der Waals surface area contributed by atoms with E-state index in [4.69, 9.17) is 4.74 Å². The monoisotopic (exact) mass is 234 g/mol. The van der Waals surface area contributed by atoms with E-state index < -0.39 is 0 Å². The summed E-state index contributed by atoms with van der Waals surface area (Å²) in [5, 5.41) is 7.01. The van der Waals surface area contributed by atoms with E-state index in [-0.39, 0.29) is 0 Å². The fourth-order valence-electron chi connectivity index (χ4n) is 2.27. The zero-order chi connectivity index (χ0) is 11.9. The maximum Gasteiger partial charge on any atom is 0.119 e. The van der Waals surface area contributed by atoms with Gasteiger partial charge in [0.15, 0.2) is 0 Å². The van der Waals surface area contributed by atoms with Gasteiger partial charge in [-0.05, 0) is 50.1 Å². The lowest BCUT2D eigenvalue weighted by Gasteiger charge is -2.23. The summed E-state index contributed by atoms with van der Waals surface area (Å²) in [4.78, 5) is 0. The molecule has 0 aliphatic carbocycles. The molecule has 2 N–H and O–H groups in total. The van der Waals surface area contributed by atoms with Crippen molar-refractivity contribution in [3.63, 3.8) is 0 Å². The Labute approximate surface area is 104 Å². The summed E-state index contributed by atoms with van der Waals surface area (Å²) < 4.78 is 5.13. The predicted octanol–water partition coefficient (Wildman–Crippen LogP) is 2.64. The van der Waals surface area contributed by atoms with Crippen LogP contribution in [0.3, 0.4) is 0 Å². The summed E-state index contributed by atoms with van der Waals surface area (Å²) in [5.74, 6) is 0.907. The largest absolute Gasteiger partial charge is 0.497 e. The van der Waals surface area contributed by atoms with Gasteiger partial charge >= 0.3 is 0 Å². The summed E-state index contributed by atoms with van der Waals surface area (Å²) >= 11 is 0. The van der Waals surface area contributed by atoms with Gasteiger partial charge in [-0.1, -0.05) is 6.42 Å². The van der Waals surface area contributed by atoms with Crippen LogP contribution in [0.25, 0.3) is 0 Å². The van der Waals surface area contributed by atoms with E-state index in [0.29, 0.717) is 6.04 Å². The number of benzene rings is 1. The molecule has 1 aromatic carbocycles. The molecule has 0 spiro atoms. The van der Waals surface area contributed by atoms with Crippen molar-refractivity contribution >= 4 is 5.69 Å². The first-order valence-corrected chi connectivity index (χ1v) is 6.50. The molecule has 1 saturated heterocycles. The number of anilines is 1. The highest BCUT2D eigenvalue weighted by Gasteiger charge is 2.11. The van der Waals surface area contributed by atoms with Crippen molar-refractivity contribution in [1.82, 2.24) is 5.32 Å². The molecule has 0 aromatic heterocycles. The molecule has 0 saturated carbocycles. The van der Waals surface area contributed by atoms with Crippen molar-refractivity contribution in [1.29, 1.82) is 0 Å². The van der Waals surface area contributed by atoms with Gasteiger partial charge in [0, 0.05) is 18.3 Å². The minimum Gasteiger partial charge on any atom is -0.497 e. The smallest absolute Gasteiger partial charge is 0.119 e. The van der Waals surface area contributed by atoms with Crippen molar-refractivity contribution in [3.05, 3.63) is 24.3 Å². The van der Waals surface area contributed by atoms with Gasteiger partial charge in [0.05, 0.1) is 7.11 Å². The van der Waals surface area contributed by atoms with Gasteiger partial charge in [-0.2, -0.15) is 0 Å². The Morgan fingerprint density at radius 3 is 2.76 bits per heavy atom. The van der Waals surface area contributed by atoms with Crippen LogP contribution in [0.2, 0.25) is 0 Å². The quantitative estimate of drug-likeness (QED) is 0.821. The van der Waals surface area contributed by atoms with Gasteiger partial charge in [-0.15, -0.1) is 0 Å². The highest BCUT2D eigenvalue weighted by molar-refractivity contribution is 5.46. The standard InChI is InChI=1S/C14H22N2O/c1-17-14-7-5-13(6-8-14)16-11-9-12-4-2-3-10-15-12/h5-8,12,15-16H,2-4,9-11H2,1H3. The van der Waals surface area contributed by atoms with Gasteiger partial charge in [0.1, 0.15) is 5.75 Å². The maximum absolute atomic E-state index is 5.13. The summed E-state index contributed by atoms with van der Waals surface area (Å²) in [5.41, 5.74) is 1.17. The normalized spacial score (nSPS) is 19.9. The SMILES string of the molecule is COc1ccc(NCCC2CCCCN2)cc1. The third kappa shape index (κ3) is 3.93. The molecule has 1 aromatic rings. The number of methoxy groups -OCH3 is 1. The molecule has 1 heterocycles. The van der Waals surface area contributed by atoms with Crippen LogP contribution in [-0.2, 0) is 0 Å². The molecular formula is C14H22N2O. The minimum atomic E-state index is 0.703. The average molecular weight is 234 g/mol. The highest BCUT2D eigenvalue weighted by Crippen LogP contribution is 2.15. The van der Waals surface area contributed by atoms with Crippen LogP contribution in [0.4, 0.5) is 5.69 Å².